The normalized spacial score (nSPS) is 11.3. The van der Waals surface area contributed by atoms with Crippen molar-refractivity contribution in [2.45, 2.75) is 19.1 Å². The van der Waals surface area contributed by atoms with Crippen LogP contribution in [0.2, 0.25) is 0 Å². The van der Waals surface area contributed by atoms with Gasteiger partial charge in [0.05, 0.1) is 17.9 Å². The fraction of sp³-hybridized carbons (Fsp3) is 0.364. The molecule has 0 aliphatic carbocycles. The molecular formula is C11H16N2O4S. The van der Waals surface area contributed by atoms with Crippen molar-refractivity contribution >= 4 is 21.6 Å². The molecule has 0 aromatic heterocycles. The van der Waals surface area contributed by atoms with Crippen molar-refractivity contribution in [1.82, 2.24) is 4.72 Å². The van der Waals surface area contributed by atoms with Crippen LogP contribution in [0.5, 0.6) is 5.75 Å². The van der Waals surface area contributed by atoms with Crippen LogP contribution in [-0.4, -0.2) is 26.7 Å². The van der Waals surface area contributed by atoms with Gasteiger partial charge in [0, 0.05) is 11.8 Å². The Morgan fingerprint density at radius 3 is 2.50 bits per heavy atom. The lowest BCUT2D eigenvalue weighted by molar-refractivity contribution is 0.0978. The van der Waals surface area contributed by atoms with Crippen LogP contribution >= 0.6 is 0 Å². The van der Waals surface area contributed by atoms with Gasteiger partial charge in [0.25, 0.3) is 5.91 Å². The number of rotatable bonds is 4. The highest BCUT2D eigenvalue weighted by Crippen LogP contribution is 2.21. The molecule has 0 aliphatic rings. The van der Waals surface area contributed by atoms with E-state index in [9.17, 15) is 13.2 Å². The summed E-state index contributed by atoms with van der Waals surface area (Å²) in [7, 11) is -2.29. The fourth-order valence-corrected chi connectivity index (χ4v) is 1.80. The van der Waals surface area contributed by atoms with E-state index in [-0.39, 0.29) is 11.3 Å². The van der Waals surface area contributed by atoms with E-state index in [0.29, 0.717) is 5.69 Å². The largest absolute Gasteiger partial charge is 0.496 e. The topological polar surface area (TPSA) is 98.5 Å². The van der Waals surface area contributed by atoms with E-state index in [0.717, 1.165) is 0 Å². The van der Waals surface area contributed by atoms with Crippen molar-refractivity contribution in [3.8, 4) is 5.75 Å². The smallest absolute Gasteiger partial charge is 0.268 e. The number of nitrogens with one attached hydrogen (secondary N) is 1. The van der Waals surface area contributed by atoms with Crippen LogP contribution in [0.25, 0.3) is 0 Å². The quantitative estimate of drug-likeness (QED) is 0.788. The number of nitrogen functional groups attached to an aromatic ring is 1. The molecule has 1 rings (SSSR count). The van der Waals surface area contributed by atoms with Crippen LogP contribution in [0.15, 0.2) is 18.2 Å². The lowest BCUT2D eigenvalue weighted by Crippen LogP contribution is -2.35. The SMILES string of the molecule is COc1cc(N)ccc1C(=O)NS(=O)(=O)C(C)C. The highest BCUT2D eigenvalue weighted by molar-refractivity contribution is 7.90. The maximum absolute atomic E-state index is 11.8. The van der Waals surface area contributed by atoms with E-state index < -0.39 is 21.2 Å². The molecular weight excluding hydrogens is 256 g/mol. The number of nitrogens with two attached hydrogens (primary N) is 1. The molecule has 0 aliphatic heterocycles. The van der Waals surface area contributed by atoms with Gasteiger partial charge in [-0.05, 0) is 26.0 Å². The lowest BCUT2D eigenvalue weighted by atomic mass is 10.2. The van der Waals surface area contributed by atoms with Crippen LogP contribution < -0.4 is 15.2 Å². The van der Waals surface area contributed by atoms with Crippen LogP contribution in [-0.2, 0) is 10.0 Å². The number of carbonyl (C=O) groups is 1. The highest BCUT2D eigenvalue weighted by Gasteiger charge is 2.22. The van der Waals surface area contributed by atoms with Crippen molar-refractivity contribution in [3.05, 3.63) is 23.8 Å². The molecule has 18 heavy (non-hydrogen) atoms. The van der Waals surface area contributed by atoms with Gasteiger partial charge in [-0.25, -0.2) is 13.1 Å². The zero-order chi connectivity index (χ0) is 13.9. The molecule has 1 aromatic carbocycles. The minimum absolute atomic E-state index is 0.121. The number of ether oxygens (including phenoxy) is 1. The van der Waals surface area contributed by atoms with Crippen molar-refractivity contribution in [2.24, 2.45) is 0 Å². The number of benzene rings is 1. The summed E-state index contributed by atoms with van der Waals surface area (Å²) in [5.41, 5.74) is 6.10. The molecule has 1 amide bonds. The minimum atomic E-state index is -3.67. The molecule has 0 spiro atoms. The predicted molar refractivity (Wildman–Crippen MR) is 68.9 cm³/mol. The maximum Gasteiger partial charge on any atom is 0.268 e. The van der Waals surface area contributed by atoms with Crippen molar-refractivity contribution in [2.75, 3.05) is 12.8 Å². The van der Waals surface area contributed by atoms with Crippen LogP contribution in [0.1, 0.15) is 24.2 Å². The predicted octanol–water partition coefficient (Wildman–Crippen LogP) is 0.745. The van der Waals surface area contributed by atoms with E-state index in [1.54, 1.807) is 0 Å². The number of sulfonamides is 1. The summed E-state index contributed by atoms with van der Waals surface area (Å²) in [6.45, 7) is 2.96. The van der Waals surface area contributed by atoms with E-state index in [4.69, 9.17) is 10.5 Å². The third kappa shape index (κ3) is 3.13. The van der Waals surface area contributed by atoms with Gasteiger partial charge in [-0.3, -0.25) is 4.79 Å². The number of anilines is 1. The average Bonchev–Trinajstić information content (AvgIpc) is 2.27. The van der Waals surface area contributed by atoms with E-state index in [1.807, 2.05) is 4.72 Å². The Hall–Kier alpha value is -1.76. The second-order valence-electron chi connectivity index (χ2n) is 3.98. The first-order valence-corrected chi connectivity index (χ1v) is 6.82. The summed E-state index contributed by atoms with van der Waals surface area (Å²) in [5, 5.41) is -0.693. The summed E-state index contributed by atoms with van der Waals surface area (Å²) in [6.07, 6.45) is 0. The van der Waals surface area contributed by atoms with Gasteiger partial charge >= 0.3 is 0 Å². The van der Waals surface area contributed by atoms with Gasteiger partial charge in [0.2, 0.25) is 10.0 Å². The standard InChI is InChI=1S/C11H16N2O4S/c1-7(2)18(15,16)13-11(14)9-5-4-8(12)6-10(9)17-3/h4-7H,12H2,1-3H3,(H,13,14). The summed E-state index contributed by atoms with van der Waals surface area (Å²) >= 11 is 0. The van der Waals surface area contributed by atoms with Crippen LogP contribution in [0.3, 0.4) is 0 Å². The summed E-state index contributed by atoms with van der Waals surface area (Å²) in [5.74, 6) is -0.507. The van der Waals surface area contributed by atoms with Crippen LogP contribution in [0, 0.1) is 0 Å². The molecule has 7 heteroatoms. The number of methoxy groups -OCH3 is 1. The first-order valence-electron chi connectivity index (χ1n) is 5.27. The molecule has 0 radical (unpaired) electrons. The fourth-order valence-electron chi connectivity index (χ4n) is 1.20. The Morgan fingerprint density at radius 1 is 1.39 bits per heavy atom. The summed E-state index contributed by atoms with van der Waals surface area (Å²) in [4.78, 5) is 11.8. The second-order valence-corrected chi connectivity index (χ2v) is 6.22. The molecule has 0 heterocycles. The molecule has 0 saturated heterocycles. The van der Waals surface area contributed by atoms with Crippen LogP contribution in [0.4, 0.5) is 5.69 Å². The van der Waals surface area contributed by atoms with Gasteiger partial charge in [-0.15, -0.1) is 0 Å². The second kappa shape index (κ2) is 5.26. The Kier molecular flexibility index (Phi) is 4.18. The molecule has 6 nitrogen and oxygen atoms in total. The Labute approximate surface area is 106 Å². The third-order valence-electron chi connectivity index (χ3n) is 2.33. The van der Waals surface area contributed by atoms with Gasteiger partial charge in [-0.2, -0.15) is 0 Å². The van der Waals surface area contributed by atoms with E-state index in [1.165, 1.54) is 39.2 Å². The molecule has 0 unspecified atom stereocenters. The third-order valence-corrected chi connectivity index (χ3v) is 4.04. The molecule has 0 fully saturated rings. The number of carbonyl (C=O) groups excluding carboxylic acids is 1. The first-order chi connectivity index (χ1) is 8.27. The number of amides is 1. The Bertz CT molecular complexity index is 552. The van der Waals surface area contributed by atoms with Crippen molar-refractivity contribution in [1.29, 1.82) is 0 Å². The molecule has 100 valence electrons. The van der Waals surface area contributed by atoms with Gasteiger partial charge < -0.3 is 10.5 Å². The summed E-state index contributed by atoms with van der Waals surface area (Å²) in [6, 6.07) is 4.37. The number of hydrogen-bond acceptors (Lipinski definition) is 5. The maximum atomic E-state index is 11.8. The van der Waals surface area contributed by atoms with Gasteiger partial charge in [0.15, 0.2) is 0 Å². The van der Waals surface area contributed by atoms with Crippen molar-refractivity contribution < 1.29 is 17.9 Å². The minimum Gasteiger partial charge on any atom is -0.496 e. The number of hydrogen-bond donors (Lipinski definition) is 2. The van der Waals surface area contributed by atoms with E-state index >= 15 is 0 Å². The zero-order valence-electron chi connectivity index (χ0n) is 10.4. The highest BCUT2D eigenvalue weighted by atomic mass is 32.2. The average molecular weight is 272 g/mol. The Balaban J connectivity index is 3.06. The van der Waals surface area contributed by atoms with E-state index in [2.05, 4.69) is 0 Å². The summed E-state index contributed by atoms with van der Waals surface area (Å²) < 4.78 is 30.1. The molecule has 0 bridgehead atoms. The van der Waals surface area contributed by atoms with Gasteiger partial charge in [0.1, 0.15) is 5.75 Å². The van der Waals surface area contributed by atoms with Crippen molar-refractivity contribution in [3.63, 3.8) is 0 Å². The van der Waals surface area contributed by atoms with Gasteiger partial charge in [-0.1, -0.05) is 0 Å². The zero-order valence-corrected chi connectivity index (χ0v) is 11.2. The molecule has 0 saturated carbocycles. The first kappa shape index (κ1) is 14.3. The Morgan fingerprint density at radius 2 is 2.00 bits per heavy atom. The molecule has 3 N–H and O–H groups in total. The molecule has 0 atom stereocenters. The molecule has 1 aromatic rings. The lowest BCUT2D eigenvalue weighted by Gasteiger charge is -2.12. The monoisotopic (exact) mass is 272 g/mol.